The van der Waals surface area contributed by atoms with Crippen molar-refractivity contribution in [1.82, 2.24) is 5.32 Å². The molecule has 0 amide bonds. The summed E-state index contributed by atoms with van der Waals surface area (Å²) in [7, 11) is 0. The first-order valence-corrected chi connectivity index (χ1v) is 3.73. The second-order valence-electron chi connectivity index (χ2n) is 2.77. The molecule has 0 aliphatic carbocycles. The highest BCUT2D eigenvalue weighted by Gasteiger charge is 2.23. The molecule has 9 heavy (non-hydrogen) atoms. The Kier molecular flexibility index (Phi) is 2.49. The number of nitrogens with one attached hydrogen (secondary N) is 1. The molecular weight excluding hydrogens is 114 g/mol. The van der Waals surface area contributed by atoms with Gasteiger partial charge in [0.05, 0.1) is 6.10 Å². The summed E-state index contributed by atoms with van der Waals surface area (Å²) >= 11 is 0. The van der Waals surface area contributed by atoms with Crippen LogP contribution in [0.2, 0.25) is 0 Å². The zero-order valence-electron chi connectivity index (χ0n) is 5.93. The third-order valence-electron chi connectivity index (χ3n) is 1.96. The van der Waals surface area contributed by atoms with Gasteiger partial charge in [-0.1, -0.05) is 13.3 Å². The smallest absolute Gasteiger partial charge is 0.0704 e. The lowest BCUT2D eigenvalue weighted by Crippen LogP contribution is -2.17. The van der Waals surface area contributed by atoms with Gasteiger partial charge < -0.3 is 10.4 Å². The Morgan fingerprint density at radius 2 is 2.33 bits per heavy atom. The van der Waals surface area contributed by atoms with Gasteiger partial charge in [0.1, 0.15) is 0 Å². The van der Waals surface area contributed by atoms with Crippen molar-refractivity contribution < 1.29 is 5.11 Å². The lowest BCUT2D eigenvalue weighted by atomic mass is 10.0. The summed E-state index contributed by atoms with van der Waals surface area (Å²) in [6, 6.07) is 0. The van der Waals surface area contributed by atoms with Crippen LogP contribution in [0.4, 0.5) is 0 Å². The van der Waals surface area contributed by atoms with Crippen LogP contribution >= 0.6 is 0 Å². The van der Waals surface area contributed by atoms with Gasteiger partial charge in [-0.2, -0.15) is 0 Å². The highest BCUT2D eigenvalue weighted by Crippen LogP contribution is 2.14. The molecule has 1 fully saturated rings. The molecule has 0 saturated carbocycles. The lowest BCUT2D eigenvalue weighted by molar-refractivity contribution is 0.142. The molecule has 0 spiro atoms. The van der Waals surface area contributed by atoms with Crippen LogP contribution < -0.4 is 5.32 Å². The van der Waals surface area contributed by atoms with E-state index in [0.29, 0.717) is 5.92 Å². The van der Waals surface area contributed by atoms with Gasteiger partial charge >= 0.3 is 0 Å². The normalized spacial score (nSPS) is 35.3. The monoisotopic (exact) mass is 129 g/mol. The molecule has 2 atom stereocenters. The molecule has 2 nitrogen and oxygen atoms in total. The molecular formula is C7H15NO. The maximum Gasteiger partial charge on any atom is 0.0704 e. The van der Waals surface area contributed by atoms with Gasteiger partial charge in [0.2, 0.25) is 0 Å². The fourth-order valence-electron chi connectivity index (χ4n) is 1.38. The first-order valence-electron chi connectivity index (χ1n) is 3.73. The highest BCUT2D eigenvalue weighted by atomic mass is 16.3. The molecule has 1 saturated heterocycles. The van der Waals surface area contributed by atoms with Crippen molar-refractivity contribution in [2.75, 3.05) is 13.1 Å². The Labute approximate surface area is 56.3 Å². The van der Waals surface area contributed by atoms with Crippen LogP contribution in [0.25, 0.3) is 0 Å². The van der Waals surface area contributed by atoms with Crippen molar-refractivity contribution in [3.05, 3.63) is 0 Å². The minimum absolute atomic E-state index is 0.0788. The summed E-state index contributed by atoms with van der Waals surface area (Å²) in [5.41, 5.74) is 0. The average molecular weight is 129 g/mol. The SMILES string of the molecule is CCC[C@H]1CNC[C@H]1O. The first-order chi connectivity index (χ1) is 4.34. The maximum atomic E-state index is 9.26. The number of aliphatic hydroxyl groups is 1. The number of aliphatic hydroxyl groups excluding tert-OH is 1. The molecule has 2 N–H and O–H groups in total. The van der Waals surface area contributed by atoms with Crippen molar-refractivity contribution in [3.63, 3.8) is 0 Å². The molecule has 0 aromatic carbocycles. The highest BCUT2D eigenvalue weighted by molar-refractivity contribution is 4.79. The summed E-state index contributed by atoms with van der Waals surface area (Å²) in [6.07, 6.45) is 2.27. The predicted octanol–water partition coefficient (Wildman–Crippen LogP) is 0.367. The molecule has 1 rings (SSSR count). The van der Waals surface area contributed by atoms with E-state index in [2.05, 4.69) is 12.2 Å². The Bertz CT molecular complexity index is 85.0. The van der Waals surface area contributed by atoms with E-state index in [1.165, 1.54) is 6.42 Å². The molecule has 2 heteroatoms. The van der Waals surface area contributed by atoms with Gasteiger partial charge in [-0.15, -0.1) is 0 Å². The molecule has 1 heterocycles. The van der Waals surface area contributed by atoms with Crippen molar-refractivity contribution in [2.24, 2.45) is 5.92 Å². The van der Waals surface area contributed by atoms with E-state index in [4.69, 9.17) is 0 Å². The Morgan fingerprint density at radius 3 is 2.78 bits per heavy atom. The molecule has 0 bridgehead atoms. The van der Waals surface area contributed by atoms with Crippen molar-refractivity contribution in [1.29, 1.82) is 0 Å². The Morgan fingerprint density at radius 1 is 1.56 bits per heavy atom. The first kappa shape index (κ1) is 7.03. The largest absolute Gasteiger partial charge is 0.391 e. The van der Waals surface area contributed by atoms with Crippen LogP contribution in [0.3, 0.4) is 0 Å². The Hall–Kier alpha value is -0.0800. The standard InChI is InChI=1S/C7H15NO/c1-2-3-6-4-8-5-7(6)9/h6-9H,2-5H2,1H3/t6-,7+/m0/s1. The van der Waals surface area contributed by atoms with Crippen LogP contribution in [0.5, 0.6) is 0 Å². The summed E-state index contributed by atoms with van der Waals surface area (Å²) in [4.78, 5) is 0. The van der Waals surface area contributed by atoms with E-state index < -0.39 is 0 Å². The zero-order chi connectivity index (χ0) is 6.69. The average Bonchev–Trinajstić information content (AvgIpc) is 2.18. The van der Waals surface area contributed by atoms with Gasteiger partial charge in [-0.05, 0) is 12.3 Å². The number of hydrogen-bond donors (Lipinski definition) is 2. The van der Waals surface area contributed by atoms with Crippen LogP contribution in [0.1, 0.15) is 19.8 Å². The summed E-state index contributed by atoms with van der Waals surface area (Å²) in [5, 5.41) is 12.4. The third-order valence-corrected chi connectivity index (χ3v) is 1.96. The molecule has 0 unspecified atom stereocenters. The summed E-state index contributed by atoms with van der Waals surface area (Å²) < 4.78 is 0. The van der Waals surface area contributed by atoms with Gasteiger partial charge in [0.25, 0.3) is 0 Å². The number of β-amino-alcohol motifs (C(OH)–C–C–N with tert-alkyl or cyclic N) is 1. The van der Waals surface area contributed by atoms with Crippen LogP contribution in [-0.2, 0) is 0 Å². The van der Waals surface area contributed by atoms with Gasteiger partial charge in [0, 0.05) is 13.1 Å². The molecule has 0 radical (unpaired) electrons. The number of rotatable bonds is 2. The number of hydrogen-bond acceptors (Lipinski definition) is 2. The second-order valence-corrected chi connectivity index (χ2v) is 2.77. The van der Waals surface area contributed by atoms with Crippen molar-refractivity contribution >= 4 is 0 Å². The van der Waals surface area contributed by atoms with E-state index in [0.717, 1.165) is 19.5 Å². The van der Waals surface area contributed by atoms with Crippen molar-refractivity contribution in [2.45, 2.75) is 25.9 Å². The second kappa shape index (κ2) is 3.18. The molecule has 1 aliphatic heterocycles. The van der Waals surface area contributed by atoms with Crippen LogP contribution in [-0.4, -0.2) is 24.3 Å². The van der Waals surface area contributed by atoms with E-state index in [1.54, 1.807) is 0 Å². The fraction of sp³-hybridized carbons (Fsp3) is 1.00. The zero-order valence-corrected chi connectivity index (χ0v) is 5.93. The van der Waals surface area contributed by atoms with E-state index in [1.807, 2.05) is 0 Å². The Balaban J connectivity index is 2.22. The summed E-state index contributed by atoms with van der Waals surface area (Å²) in [6.45, 7) is 3.96. The van der Waals surface area contributed by atoms with E-state index in [9.17, 15) is 5.11 Å². The van der Waals surface area contributed by atoms with Crippen molar-refractivity contribution in [3.8, 4) is 0 Å². The molecule has 0 aromatic rings. The molecule has 1 aliphatic rings. The third kappa shape index (κ3) is 1.66. The predicted molar refractivity (Wildman–Crippen MR) is 37.3 cm³/mol. The topological polar surface area (TPSA) is 32.3 Å². The summed E-state index contributed by atoms with van der Waals surface area (Å²) in [5.74, 6) is 0.523. The van der Waals surface area contributed by atoms with E-state index in [-0.39, 0.29) is 6.10 Å². The lowest BCUT2D eigenvalue weighted by Gasteiger charge is -2.10. The fourth-order valence-corrected chi connectivity index (χ4v) is 1.38. The minimum atomic E-state index is -0.0788. The van der Waals surface area contributed by atoms with Gasteiger partial charge in [0.15, 0.2) is 0 Å². The quantitative estimate of drug-likeness (QED) is 0.564. The van der Waals surface area contributed by atoms with Gasteiger partial charge in [-0.3, -0.25) is 0 Å². The van der Waals surface area contributed by atoms with Crippen LogP contribution in [0, 0.1) is 5.92 Å². The molecule has 0 aromatic heterocycles. The van der Waals surface area contributed by atoms with E-state index >= 15 is 0 Å². The minimum Gasteiger partial charge on any atom is -0.391 e. The maximum absolute atomic E-state index is 9.26. The molecule has 54 valence electrons. The van der Waals surface area contributed by atoms with Crippen LogP contribution in [0.15, 0.2) is 0 Å². The van der Waals surface area contributed by atoms with Gasteiger partial charge in [-0.25, -0.2) is 0 Å².